The number of rotatable bonds is 5. The predicted molar refractivity (Wildman–Crippen MR) is 66.6 cm³/mol. The fourth-order valence-electron chi connectivity index (χ4n) is 2.01. The lowest BCUT2D eigenvalue weighted by atomic mass is 9.89. The Kier molecular flexibility index (Phi) is 6.08. The predicted octanol–water partition coefficient (Wildman–Crippen LogP) is -1.53. The van der Waals surface area contributed by atoms with Gasteiger partial charge in [0.1, 0.15) is 6.04 Å². The Morgan fingerprint density at radius 3 is 2.55 bits per heavy atom. The lowest BCUT2D eigenvalue weighted by molar-refractivity contribution is -0.245. The summed E-state index contributed by atoms with van der Waals surface area (Å²) in [6.07, 6.45) is -0.996. The largest absolute Gasteiger partial charge is 0.478 e. The van der Waals surface area contributed by atoms with E-state index in [1.54, 1.807) is 6.92 Å². The molecule has 0 bridgehead atoms. The van der Waals surface area contributed by atoms with Crippen molar-refractivity contribution in [1.82, 2.24) is 5.32 Å². The van der Waals surface area contributed by atoms with Crippen molar-refractivity contribution in [3.63, 3.8) is 0 Å². The average molecular weight is 289 g/mol. The second-order valence-corrected chi connectivity index (χ2v) is 4.52. The molecule has 1 aliphatic rings. The molecule has 1 saturated heterocycles. The molecule has 1 aliphatic heterocycles. The number of carboxylic acid groups (broad SMARTS) is 1. The maximum absolute atomic E-state index is 11.5. The molecule has 20 heavy (non-hydrogen) atoms. The number of aliphatic hydroxyl groups is 2. The molecule has 114 valence electrons. The first-order chi connectivity index (χ1) is 9.40. The molecule has 1 rings (SSSR count). The van der Waals surface area contributed by atoms with Gasteiger partial charge in [0.25, 0.3) is 0 Å². The molecule has 5 unspecified atom stereocenters. The summed E-state index contributed by atoms with van der Waals surface area (Å²) in [4.78, 5) is 21.9. The van der Waals surface area contributed by atoms with E-state index in [-0.39, 0.29) is 6.61 Å². The van der Waals surface area contributed by atoms with E-state index in [0.29, 0.717) is 6.08 Å². The molecule has 0 aliphatic carbocycles. The van der Waals surface area contributed by atoms with Gasteiger partial charge in [-0.15, -0.1) is 0 Å². The zero-order valence-electron chi connectivity index (χ0n) is 11.2. The quantitative estimate of drug-likeness (QED) is 0.452. The minimum absolute atomic E-state index is 0.280. The Morgan fingerprint density at radius 2 is 2.05 bits per heavy atom. The minimum atomic E-state index is -1.25. The third kappa shape index (κ3) is 4.01. The van der Waals surface area contributed by atoms with Crippen LogP contribution in [-0.4, -0.2) is 65.5 Å². The van der Waals surface area contributed by atoms with Gasteiger partial charge in [-0.05, 0) is 0 Å². The molecule has 0 spiro atoms. The van der Waals surface area contributed by atoms with Crippen molar-refractivity contribution in [2.75, 3.05) is 13.7 Å². The van der Waals surface area contributed by atoms with Crippen molar-refractivity contribution in [2.45, 2.75) is 31.5 Å². The van der Waals surface area contributed by atoms with Gasteiger partial charge in [0.05, 0.1) is 18.8 Å². The molecule has 8 heteroatoms. The fraction of sp³-hybridized carbons (Fsp3) is 0.667. The van der Waals surface area contributed by atoms with Crippen LogP contribution in [-0.2, 0) is 19.1 Å². The number of methoxy groups -OCH3 is 1. The first-order valence-corrected chi connectivity index (χ1v) is 6.09. The molecular weight excluding hydrogens is 270 g/mol. The van der Waals surface area contributed by atoms with E-state index in [2.05, 4.69) is 5.32 Å². The Balaban J connectivity index is 2.75. The summed E-state index contributed by atoms with van der Waals surface area (Å²) in [5.74, 6) is -2.35. The second-order valence-electron chi connectivity index (χ2n) is 4.52. The van der Waals surface area contributed by atoms with Crippen LogP contribution >= 0.6 is 0 Å². The number of ether oxygens (including phenoxy) is 2. The van der Waals surface area contributed by atoms with Crippen molar-refractivity contribution in [3.05, 3.63) is 12.2 Å². The number of nitrogens with one attached hydrogen (secondary N) is 1. The summed E-state index contributed by atoms with van der Waals surface area (Å²) in [5.41, 5.74) is 0. The van der Waals surface area contributed by atoms with Crippen LogP contribution < -0.4 is 5.32 Å². The van der Waals surface area contributed by atoms with Gasteiger partial charge < -0.3 is 30.1 Å². The Labute approximate surface area is 116 Å². The zero-order chi connectivity index (χ0) is 15.3. The van der Waals surface area contributed by atoms with Crippen molar-refractivity contribution in [2.24, 2.45) is 5.92 Å². The number of hydrogen-bond acceptors (Lipinski definition) is 6. The Bertz CT molecular complexity index is 382. The van der Waals surface area contributed by atoms with Crippen LogP contribution in [0.5, 0.6) is 0 Å². The van der Waals surface area contributed by atoms with Crippen molar-refractivity contribution in [1.29, 1.82) is 0 Å². The normalized spacial score (nSPS) is 34.1. The van der Waals surface area contributed by atoms with E-state index in [9.17, 15) is 14.7 Å². The van der Waals surface area contributed by atoms with Gasteiger partial charge in [-0.25, -0.2) is 4.79 Å². The molecule has 1 amide bonds. The van der Waals surface area contributed by atoms with E-state index in [4.69, 9.17) is 19.7 Å². The highest BCUT2D eigenvalue weighted by atomic mass is 16.7. The fourth-order valence-corrected chi connectivity index (χ4v) is 2.01. The molecule has 4 N–H and O–H groups in total. The summed E-state index contributed by atoms with van der Waals surface area (Å²) in [7, 11) is 1.34. The summed E-state index contributed by atoms with van der Waals surface area (Å²) in [6.45, 7) is 1.39. The molecular formula is C12H19NO7. The highest BCUT2D eigenvalue weighted by Gasteiger charge is 2.43. The van der Waals surface area contributed by atoms with Gasteiger partial charge in [0.15, 0.2) is 6.29 Å². The van der Waals surface area contributed by atoms with Gasteiger partial charge in [-0.1, -0.05) is 6.92 Å². The molecule has 1 heterocycles. The van der Waals surface area contributed by atoms with Crippen LogP contribution in [0.3, 0.4) is 0 Å². The highest BCUT2D eigenvalue weighted by molar-refractivity contribution is 5.94. The number of aliphatic hydroxyl groups excluding tert-OH is 2. The first kappa shape index (κ1) is 16.6. The molecule has 0 aromatic carbocycles. The van der Waals surface area contributed by atoms with E-state index < -0.39 is 42.3 Å². The van der Waals surface area contributed by atoms with Crippen molar-refractivity contribution >= 4 is 11.9 Å². The van der Waals surface area contributed by atoms with Crippen LogP contribution in [0.15, 0.2) is 12.2 Å². The van der Waals surface area contributed by atoms with Gasteiger partial charge >= 0.3 is 5.97 Å². The van der Waals surface area contributed by atoms with Gasteiger partial charge in [-0.2, -0.15) is 0 Å². The third-order valence-electron chi connectivity index (χ3n) is 3.19. The number of carbonyl (C=O) groups excluding carboxylic acids is 1. The highest BCUT2D eigenvalue weighted by Crippen LogP contribution is 2.26. The third-order valence-corrected chi connectivity index (χ3v) is 3.19. The maximum atomic E-state index is 11.5. The number of aliphatic carboxylic acids is 1. The van der Waals surface area contributed by atoms with Gasteiger partial charge in [0, 0.05) is 25.2 Å². The van der Waals surface area contributed by atoms with Crippen molar-refractivity contribution < 1.29 is 34.4 Å². The van der Waals surface area contributed by atoms with E-state index in [0.717, 1.165) is 6.08 Å². The van der Waals surface area contributed by atoms with Gasteiger partial charge in [-0.3, -0.25) is 4.79 Å². The lowest BCUT2D eigenvalue weighted by Gasteiger charge is -2.42. The first-order valence-electron chi connectivity index (χ1n) is 6.09. The molecule has 5 atom stereocenters. The number of carbonyl (C=O) groups is 2. The Hall–Kier alpha value is -1.48. The van der Waals surface area contributed by atoms with E-state index in [1.165, 1.54) is 7.11 Å². The molecule has 0 radical (unpaired) electrons. The maximum Gasteiger partial charge on any atom is 0.328 e. The molecule has 1 fully saturated rings. The molecule has 8 nitrogen and oxygen atoms in total. The average Bonchev–Trinajstić information content (AvgIpc) is 2.42. The monoisotopic (exact) mass is 289 g/mol. The topological polar surface area (TPSA) is 125 Å². The van der Waals surface area contributed by atoms with Crippen LogP contribution in [0, 0.1) is 5.92 Å². The SMILES string of the molecule is COC1OC(CO)C(C)C(O)C1NC(=O)/C=C/C(=O)O. The zero-order valence-corrected chi connectivity index (χ0v) is 11.2. The smallest absolute Gasteiger partial charge is 0.328 e. The molecule has 0 aromatic rings. The number of hydrogen-bond donors (Lipinski definition) is 4. The lowest BCUT2D eigenvalue weighted by Crippen LogP contribution is -2.61. The van der Waals surface area contributed by atoms with Crippen LogP contribution in [0.1, 0.15) is 6.92 Å². The van der Waals surface area contributed by atoms with Crippen LogP contribution in [0.25, 0.3) is 0 Å². The number of amides is 1. The van der Waals surface area contributed by atoms with E-state index in [1.807, 2.05) is 0 Å². The molecule has 0 aromatic heterocycles. The van der Waals surface area contributed by atoms with E-state index >= 15 is 0 Å². The second kappa shape index (κ2) is 7.34. The molecule has 0 saturated carbocycles. The minimum Gasteiger partial charge on any atom is -0.478 e. The van der Waals surface area contributed by atoms with Crippen LogP contribution in [0.2, 0.25) is 0 Å². The van der Waals surface area contributed by atoms with Crippen molar-refractivity contribution in [3.8, 4) is 0 Å². The summed E-state index contributed by atoms with van der Waals surface area (Å²) >= 11 is 0. The Morgan fingerprint density at radius 1 is 1.40 bits per heavy atom. The summed E-state index contributed by atoms with van der Waals surface area (Å²) < 4.78 is 10.5. The number of carboxylic acids is 1. The van der Waals surface area contributed by atoms with Crippen LogP contribution in [0.4, 0.5) is 0 Å². The summed E-state index contributed by atoms with van der Waals surface area (Å²) in [5, 5.41) is 30.2. The van der Waals surface area contributed by atoms with Gasteiger partial charge in [0.2, 0.25) is 5.91 Å². The standard InChI is InChI=1S/C12H19NO7/c1-6-7(5-14)20-12(19-2)10(11(6)18)13-8(15)3-4-9(16)17/h3-4,6-7,10-12,14,18H,5H2,1-2H3,(H,13,15)(H,16,17)/b4-3+. The summed E-state index contributed by atoms with van der Waals surface area (Å²) in [6, 6.07) is -0.858.